The van der Waals surface area contributed by atoms with E-state index in [1.54, 1.807) is 4.90 Å². The molecule has 1 aliphatic heterocycles. The van der Waals surface area contributed by atoms with E-state index in [-0.39, 0.29) is 11.1 Å². The molecule has 0 atom stereocenters. The molecule has 2 rings (SSSR count). The smallest absolute Gasteiger partial charge is 0.224 e. The Morgan fingerprint density at radius 1 is 1.47 bits per heavy atom. The number of rotatable bonds is 1. The maximum atomic E-state index is 13.4. The van der Waals surface area contributed by atoms with E-state index in [1.165, 1.54) is 0 Å². The second-order valence-corrected chi connectivity index (χ2v) is 5.18. The van der Waals surface area contributed by atoms with Gasteiger partial charge in [0.2, 0.25) is 5.28 Å². The van der Waals surface area contributed by atoms with Crippen molar-refractivity contribution in [2.45, 2.75) is 0 Å². The molecule has 0 radical (unpaired) electrons. The van der Waals surface area contributed by atoms with Crippen molar-refractivity contribution in [1.82, 2.24) is 9.97 Å². The molecular formula is C8H9ClFN3OS. The van der Waals surface area contributed by atoms with Gasteiger partial charge in [-0.25, -0.2) is 9.37 Å². The average Bonchev–Trinajstić information content (AvgIpc) is 2.23. The molecule has 4 nitrogen and oxygen atoms in total. The zero-order valence-electron chi connectivity index (χ0n) is 7.82. The van der Waals surface area contributed by atoms with Crippen LogP contribution in [0, 0.1) is 5.82 Å². The van der Waals surface area contributed by atoms with Gasteiger partial charge in [-0.3, -0.25) is 4.21 Å². The minimum Gasteiger partial charge on any atom is -0.352 e. The second-order valence-electron chi connectivity index (χ2n) is 3.15. The summed E-state index contributed by atoms with van der Waals surface area (Å²) in [7, 11) is -0.787. The lowest BCUT2D eigenvalue weighted by Gasteiger charge is -2.27. The van der Waals surface area contributed by atoms with Gasteiger partial charge < -0.3 is 4.90 Å². The fourth-order valence-corrected chi connectivity index (χ4v) is 2.59. The first-order chi connectivity index (χ1) is 7.16. The molecule has 0 aromatic carbocycles. The highest BCUT2D eigenvalue weighted by molar-refractivity contribution is 7.85. The summed E-state index contributed by atoms with van der Waals surface area (Å²) >= 11 is 5.59. The van der Waals surface area contributed by atoms with Crippen molar-refractivity contribution in [2.24, 2.45) is 0 Å². The van der Waals surface area contributed by atoms with Crippen molar-refractivity contribution in [3.05, 3.63) is 17.3 Å². The van der Waals surface area contributed by atoms with E-state index in [0.717, 1.165) is 6.20 Å². The van der Waals surface area contributed by atoms with Crippen molar-refractivity contribution < 1.29 is 8.60 Å². The molecule has 0 amide bonds. The predicted octanol–water partition coefficient (Wildman–Crippen LogP) is 0.838. The third kappa shape index (κ3) is 2.43. The van der Waals surface area contributed by atoms with Crippen LogP contribution in [0.3, 0.4) is 0 Å². The quantitative estimate of drug-likeness (QED) is 0.692. The molecule has 1 aromatic rings. The first kappa shape index (κ1) is 10.8. The minimum absolute atomic E-state index is 0.0260. The number of hydrogen-bond acceptors (Lipinski definition) is 4. The van der Waals surface area contributed by atoms with Crippen LogP contribution in [0.4, 0.5) is 10.2 Å². The fourth-order valence-electron chi connectivity index (χ4n) is 1.41. The highest BCUT2D eigenvalue weighted by atomic mass is 35.5. The van der Waals surface area contributed by atoms with Crippen molar-refractivity contribution in [3.8, 4) is 0 Å². The lowest BCUT2D eigenvalue weighted by molar-refractivity contribution is 0.602. The Morgan fingerprint density at radius 3 is 2.80 bits per heavy atom. The summed E-state index contributed by atoms with van der Waals surface area (Å²) in [5, 5.41) is 0.0260. The Labute approximate surface area is 93.9 Å². The molecule has 15 heavy (non-hydrogen) atoms. The molecule has 0 bridgehead atoms. The first-order valence-electron chi connectivity index (χ1n) is 4.45. The van der Waals surface area contributed by atoms with Gasteiger partial charge >= 0.3 is 0 Å². The molecule has 0 unspecified atom stereocenters. The fraction of sp³-hybridized carbons (Fsp3) is 0.500. The van der Waals surface area contributed by atoms with Gasteiger partial charge in [0.1, 0.15) is 0 Å². The maximum absolute atomic E-state index is 13.4. The Morgan fingerprint density at radius 2 is 2.13 bits per heavy atom. The summed E-state index contributed by atoms with van der Waals surface area (Å²) in [4.78, 5) is 9.11. The summed E-state index contributed by atoms with van der Waals surface area (Å²) < 4.78 is 24.5. The summed E-state index contributed by atoms with van der Waals surface area (Å²) in [6.45, 7) is 1.08. The Bertz CT molecular complexity index is 393. The number of halogens is 2. The summed E-state index contributed by atoms with van der Waals surface area (Å²) in [5.74, 6) is 0.793. The largest absolute Gasteiger partial charge is 0.352 e. The summed E-state index contributed by atoms with van der Waals surface area (Å²) in [5.41, 5.74) is 0. The average molecular weight is 250 g/mol. The molecule has 1 saturated heterocycles. The number of nitrogens with zero attached hydrogens (tertiary/aromatic N) is 3. The van der Waals surface area contributed by atoms with Crippen LogP contribution in [-0.2, 0) is 10.8 Å². The van der Waals surface area contributed by atoms with Crippen LogP contribution >= 0.6 is 11.6 Å². The monoisotopic (exact) mass is 249 g/mol. The molecule has 1 fully saturated rings. The molecule has 0 N–H and O–H groups in total. The standard InChI is InChI=1S/C8H9ClFN3OS/c9-8-11-5-6(10)7(12-8)13-1-3-15(14)4-2-13/h5H,1-4H2. The van der Waals surface area contributed by atoms with Crippen LogP contribution in [-0.4, -0.2) is 38.8 Å². The Kier molecular flexibility index (Phi) is 3.16. The normalized spacial score (nSPS) is 18.1. The number of anilines is 1. The van der Waals surface area contributed by atoms with Gasteiger partial charge in [-0.15, -0.1) is 0 Å². The van der Waals surface area contributed by atoms with Crippen molar-refractivity contribution in [2.75, 3.05) is 29.5 Å². The van der Waals surface area contributed by atoms with Crippen molar-refractivity contribution >= 4 is 28.2 Å². The van der Waals surface area contributed by atoms with Crippen LogP contribution in [0.25, 0.3) is 0 Å². The topological polar surface area (TPSA) is 46.1 Å². The van der Waals surface area contributed by atoms with Crippen LogP contribution in [0.2, 0.25) is 5.28 Å². The van der Waals surface area contributed by atoms with E-state index in [9.17, 15) is 8.60 Å². The molecule has 2 heterocycles. The number of hydrogen-bond donors (Lipinski definition) is 0. The molecule has 82 valence electrons. The molecule has 0 spiro atoms. The van der Waals surface area contributed by atoms with Gasteiger partial charge in [0, 0.05) is 35.4 Å². The third-order valence-corrected chi connectivity index (χ3v) is 3.63. The Balaban J connectivity index is 2.21. The minimum atomic E-state index is -0.787. The first-order valence-corrected chi connectivity index (χ1v) is 6.31. The zero-order valence-corrected chi connectivity index (χ0v) is 9.39. The SMILES string of the molecule is O=S1CCN(c2nc(Cl)ncc2F)CC1. The van der Waals surface area contributed by atoms with E-state index in [2.05, 4.69) is 9.97 Å². The van der Waals surface area contributed by atoms with Gasteiger partial charge in [0.15, 0.2) is 11.6 Å². The highest BCUT2D eigenvalue weighted by Gasteiger charge is 2.19. The van der Waals surface area contributed by atoms with Crippen LogP contribution in [0.15, 0.2) is 6.20 Å². The predicted molar refractivity (Wildman–Crippen MR) is 57.1 cm³/mol. The van der Waals surface area contributed by atoms with Crippen molar-refractivity contribution in [1.29, 1.82) is 0 Å². The maximum Gasteiger partial charge on any atom is 0.224 e. The summed E-state index contributed by atoms with van der Waals surface area (Å²) in [6, 6.07) is 0. The van der Waals surface area contributed by atoms with E-state index in [4.69, 9.17) is 11.6 Å². The lowest BCUT2D eigenvalue weighted by atomic mass is 10.4. The Hall–Kier alpha value is -0.750. The lowest BCUT2D eigenvalue weighted by Crippen LogP contribution is -2.38. The third-order valence-electron chi connectivity index (χ3n) is 2.17. The van der Waals surface area contributed by atoms with E-state index in [0.29, 0.717) is 24.6 Å². The van der Waals surface area contributed by atoms with Crippen molar-refractivity contribution in [3.63, 3.8) is 0 Å². The van der Waals surface area contributed by atoms with Gasteiger partial charge in [-0.2, -0.15) is 4.98 Å². The zero-order chi connectivity index (χ0) is 10.8. The van der Waals surface area contributed by atoms with E-state index < -0.39 is 16.6 Å². The van der Waals surface area contributed by atoms with Gasteiger partial charge in [0.25, 0.3) is 0 Å². The van der Waals surface area contributed by atoms with Crippen LogP contribution in [0.1, 0.15) is 0 Å². The molecule has 7 heteroatoms. The van der Waals surface area contributed by atoms with Gasteiger partial charge in [0.05, 0.1) is 6.20 Å². The summed E-state index contributed by atoms with van der Waals surface area (Å²) in [6.07, 6.45) is 1.05. The van der Waals surface area contributed by atoms with E-state index >= 15 is 0 Å². The molecule has 1 aliphatic rings. The molecule has 1 aromatic heterocycles. The molecule has 0 saturated carbocycles. The number of aromatic nitrogens is 2. The van der Waals surface area contributed by atoms with E-state index in [1.807, 2.05) is 0 Å². The van der Waals surface area contributed by atoms with Gasteiger partial charge in [-0.1, -0.05) is 0 Å². The van der Waals surface area contributed by atoms with Gasteiger partial charge in [-0.05, 0) is 11.6 Å². The highest BCUT2D eigenvalue weighted by Crippen LogP contribution is 2.18. The van der Waals surface area contributed by atoms with Crippen LogP contribution in [0.5, 0.6) is 0 Å². The second kappa shape index (κ2) is 4.40. The molecular weight excluding hydrogens is 241 g/mol. The van der Waals surface area contributed by atoms with Crippen LogP contribution < -0.4 is 4.90 Å². The molecule has 0 aliphatic carbocycles.